The van der Waals surface area contributed by atoms with Crippen LogP contribution < -0.4 is 5.32 Å². The smallest absolute Gasteiger partial charge is 0.227 e. The molecule has 1 atom stereocenters. The number of morpholine rings is 1. The molecule has 0 radical (unpaired) electrons. The van der Waals surface area contributed by atoms with Crippen LogP contribution in [0.4, 0.5) is 4.39 Å². The van der Waals surface area contributed by atoms with Gasteiger partial charge in [0, 0.05) is 36.1 Å². The van der Waals surface area contributed by atoms with Gasteiger partial charge in [0.1, 0.15) is 23.7 Å². The maximum atomic E-state index is 15.1. The second-order valence-electron chi connectivity index (χ2n) is 9.42. The fourth-order valence-electron chi connectivity index (χ4n) is 4.84. The normalized spacial score (nSPS) is 18.9. The van der Waals surface area contributed by atoms with Gasteiger partial charge < -0.3 is 24.3 Å². The lowest BCUT2D eigenvalue weighted by atomic mass is 10.1. The number of nitrogens with zero attached hydrogens (tertiary/aromatic N) is 5. The molecule has 1 N–H and O–H groups in total. The van der Waals surface area contributed by atoms with Crippen molar-refractivity contribution in [1.29, 1.82) is 0 Å². The fraction of sp³-hybridized carbons (Fsp3) is 0.345. The zero-order chi connectivity index (χ0) is 27.4. The Morgan fingerprint density at radius 1 is 1.26 bits per heavy atom. The molecule has 1 saturated heterocycles. The molecule has 8 nitrogen and oxygen atoms in total. The summed E-state index contributed by atoms with van der Waals surface area (Å²) < 4.78 is 28.7. The molecular weight excluding hydrogens is 483 g/mol. The highest BCUT2D eigenvalue weighted by Crippen LogP contribution is 2.27. The predicted octanol–water partition coefficient (Wildman–Crippen LogP) is 5.16. The fourth-order valence-corrected chi connectivity index (χ4v) is 4.84. The molecule has 2 aliphatic heterocycles. The summed E-state index contributed by atoms with van der Waals surface area (Å²) in [6, 6.07) is 3.59. The van der Waals surface area contributed by atoms with Crippen LogP contribution in [-0.4, -0.2) is 58.5 Å². The van der Waals surface area contributed by atoms with Crippen LogP contribution in [0.5, 0.6) is 0 Å². The first-order chi connectivity index (χ1) is 18.3. The first kappa shape index (κ1) is 27.1. The van der Waals surface area contributed by atoms with Crippen molar-refractivity contribution in [1.82, 2.24) is 19.8 Å². The van der Waals surface area contributed by atoms with E-state index in [2.05, 4.69) is 44.9 Å². The zero-order valence-corrected chi connectivity index (χ0v) is 22.5. The number of aromatic nitrogens is 2. The minimum absolute atomic E-state index is 0.121. The van der Waals surface area contributed by atoms with Gasteiger partial charge in [0.2, 0.25) is 5.96 Å². The number of halogens is 1. The molecule has 2 aliphatic rings. The number of fused-ring (bicyclic) bond motifs is 2. The molecule has 1 aromatic heterocycles. The molecule has 200 valence electrons. The van der Waals surface area contributed by atoms with E-state index in [4.69, 9.17) is 9.47 Å². The summed E-state index contributed by atoms with van der Waals surface area (Å²) in [6.45, 7) is 22.0. The van der Waals surface area contributed by atoms with Gasteiger partial charge in [0.25, 0.3) is 0 Å². The number of benzene rings is 1. The molecule has 38 heavy (non-hydrogen) atoms. The zero-order valence-electron chi connectivity index (χ0n) is 22.5. The van der Waals surface area contributed by atoms with Gasteiger partial charge in [0.15, 0.2) is 5.82 Å². The van der Waals surface area contributed by atoms with Crippen molar-refractivity contribution in [3.05, 3.63) is 90.7 Å². The second kappa shape index (κ2) is 11.6. The quantitative estimate of drug-likeness (QED) is 0.405. The molecule has 0 saturated carbocycles. The number of imidazole rings is 1. The lowest BCUT2D eigenvalue weighted by molar-refractivity contribution is -0.0319. The average molecular weight is 519 g/mol. The van der Waals surface area contributed by atoms with Crippen LogP contribution in [0.2, 0.25) is 0 Å². The predicted molar refractivity (Wildman–Crippen MR) is 151 cm³/mol. The van der Waals surface area contributed by atoms with Crippen LogP contribution >= 0.6 is 0 Å². The molecular formula is C29H35FN6O2. The number of nitrogens with one attached hydrogen (secondary N) is 1. The average Bonchev–Trinajstić information content (AvgIpc) is 3.23. The largest absolute Gasteiger partial charge is 0.489 e. The van der Waals surface area contributed by atoms with E-state index in [9.17, 15) is 0 Å². The van der Waals surface area contributed by atoms with Crippen LogP contribution in [-0.2, 0) is 9.47 Å². The number of guanidine groups is 1. The van der Waals surface area contributed by atoms with Gasteiger partial charge in [-0.05, 0) is 52.0 Å². The van der Waals surface area contributed by atoms with Gasteiger partial charge in [-0.3, -0.25) is 0 Å². The third-order valence-corrected chi connectivity index (χ3v) is 6.44. The molecule has 1 unspecified atom stereocenters. The molecule has 4 rings (SSSR count). The first-order valence-corrected chi connectivity index (χ1v) is 12.6. The van der Waals surface area contributed by atoms with Crippen LogP contribution in [0.3, 0.4) is 0 Å². The summed E-state index contributed by atoms with van der Waals surface area (Å²) in [4.78, 5) is 15.6. The molecule has 0 aliphatic carbocycles. The van der Waals surface area contributed by atoms with Crippen molar-refractivity contribution in [2.24, 2.45) is 9.98 Å². The number of ether oxygens (including phenoxy) is 2. The van der Waals surface area contributed by atoms with Crippen LogP contribution in [0.15, 0.2) is 83.4 Å². The summed E-state index contributed by atoms with van der Waals surface area (Å²) in [6.07, 6.45) is 6.66. The van der Waals surface area contributed by atoms with Gasteiger partial charge in [-0.2, -0.15) is 0 Å². The van der Waals surface area contributed by atoms with Crippen molar-refractivity contribution in [2.45, 2.75) is 39.8 Å². The maximum Gasteiger partial charge on any atom is 0.227 e. The van der Waals surface area contributed by atoms with E-state index >= 15 is 4.39 Å². The molecule has 9 heteroatoms. The summed E-state index contributed by atoms with van der Waals surface area (Å²) >= 11 is 0. The summed E-state index contributed by atoms with van der Waals surface area (Å²) in [5.74, 6) is 1.32. The Kier molecular flexibility index (Phi) is 8.26. The molecule has 0 bridgehead atoms. The van der Waals surface area contributed by atoms with E-state index in [-0.39, 0.29) is 18.0 Å². The van der Waals surface area contributed by atoms with Crippen LogP contribution in [0, 0.1) is 12.7 Å². The number of hydrogen-bond acceptors (Lipinski definition) is 5. The van der Waals surface area contributed by atoms with Gasteiger partial charge in [-0.15, -0.1) is 0 Å². The minimum atomic E-state index is -0.416. The molecule has 1 fully saturated rings. The third-order valence-electron chi connectivity index (χ3n) is 6.44. The number of aliphatic imine (C=N–C) groups is 2. The van der Waals surface area contributed by atoms with Crippen molar-refractivity contribution >= 4 is 22.7 Å². The molecule has 0 amide bonds. The Balaban J connectivity index is 1.66. The van der Waals surface area contributed by atoms with E-state index in [0.29, 0.717) is 47.9 Å². The van der Waals surface area contributed by atoms with Crippen molar-refractivity contribution in [2.75, 3.05) is 26.4 Å². The number of hydrogen-bond donors (Lipinski definition) is 1. The summed E-state index contributed by atoms with van der Waals surface area (Å²) in [5, 5.41) is 3.20. The van der Waals surface area contributed by atoms with E-state index in [1.807, 2.05) is 44.4 Å². The number of allylic oxidation sites excluding steroid dienone is 4. The lowest BCUT2D eigenvalue weighted by Crippen LogP contribution is -2.49. The summed E-state index contributed by atoms with van der Waals surface area (Å²) in [5.41, 5.74) is 3.72. The first-order valence-electron chi connectivity index (χ1n) is 12.6. The highest BCUT2D eigenvalue weighted by molar-refractivity contribution is 6.14. The number of aryl methyl sites for hydroxylation is 1. The Bertz CT molecular complexity index is 1380. The van der Waals surface area contributed by atoms with Gasteiger partial charge in [0.05, 0.1) is 36.2 Å². The number of rotatable bonds is 7. The molecule has 1 aromatic carbocycles. The molecule has 3 heterocycles. The highest BCUT2D eigenvalue weighted by atomic mass is 19.1. The third kappa shape index (κ3) is 5.47. The molecule has 2 aromatic rings. The van der Waals surface area contributed by atoms with Crippen molar-refractivity contribution < 1.29 is 13.9 Å². The van der Waals surface area contributed by atoms with Crippen molar-refractivity contribution in [3.63, 3.8) is 0 Å². The minimum Gasteiger partial charge on any atom is -0.489 e. The monoisotopic (exact) mass is 518 g/mol. The topological polar surface area (TPSA) is 76.3 Å². The van der Waals surface area contributed by atoms with Crippen molar-refractivity contribution in [3.8, 4) is 0 Å². The van der Waals surface area contributed by atoms with Gasteiger partial charge >= 0.3 is 0 Å². The Morgan fingerprint density at radius 2 is 2.05 bits per heavy atom. The van der Waals surface area contributed by atoms with E-state index < -0.39 is 5.82 Å². The highest BCUT2D eigenvalue weighted by Gasteiger charge is 2.30. The van der Waals surface area contributed by atoms with Gasteiger partial charge in [-0.25, -0.2) is 19.4 Å². The van der Waals surface area contributed by atoms with Crippen LogP contribution in [0.25, 0.3) is 11.0 Å². The Hall–Kier alpha value is -3.98. The standard InChI is InChI=1S/C29H35FN6O2/c1-8-24(21-14-23(30)28-26(15-21)36(18(4)5)20(7)33-28)34-29(31-10-3)32-19(6)13-27-25(9-2)35-11-12-37-16-22(35)17-38-27/h8-10,13-15,18,22H,1-3,11-12,16-17H2,4-7H3,(H,31,32)/b19-13+,34-24+. The molecule has 0 spiro atoms. The Morgan fingerprint density at radius 3 is 2.74 bits per heavy atom. The SMILES string of the molecule is C=C/N=C(\N=C(/C=C)c1cc(F)c2nc(C)n(C(C)C)c2c1)N/C(C)=C/C1=C(C=C)N2CCOCC2CO1. The Labute approximate surface area is 223 Å². The second-order valence-corrected chi connectivity index (χ2v) is 9.42. The van der Waals surface area contributed by atoms with E-state index in [1.165, 1.54) is 12.3 Å². The maximum absolute atomic E-state index is 15.1. The summed E-state index contributed by atoms with van der Waals surface area (Å²) in [7, 11) is 0. The van der Waals surface area contributed by atoms with Gasteiger partial charge in [-0.1, -0.05) is 19.7 Å². The van der Waals surface area contributed by atoms with E-state index in [0.717, 1.165) is 23.8 Å². The van der Waals surface area contributed by atoms with Crippen LogP contribution in [0.1, 0.15) is 38.2 Å². The van der Waals surface area contributed by atoms with E-state index in [1.54, 1.807) is 12.2 Å². The lowest BCUT2D eigenvalue weighted by Gasteiger charge is -2.41.